The van der Waals surface area contributed by atoms with E-state index in [2.05, 4.69) is 205 Å². The SMILES string of the molecule is C=C(/C=C(\C=C/C)n1c2ccccc2c2cc(-c3ccc4c(c3)c3ccccc3n4-c3ccc(-c4ccccc4)cc3)ccc21)c1ccccc1. The van der Waals surface area contributed by atoms with Gasteiger partial charge in [0.1, 0.15) is 0 Å². The summed E-state index contributed by atoms with van der Waals surface area (Å²) in [6, 6.07) is 61.1. The summed E-state index contributed by atoms with van der Waals surface area (Å²) in [5.41, 5.74) is 13.9. The minimum atomic E-state index is 0.978. The summed E-state index contributed by atoms with van der Waals surface area (Å²) in [4.78, 5) is 0. The van der Waals surface area contributed by atoms with Crippen molar-refractivity contribution in [2.45, 2.75) is 6.92 Å². The fraction of sp³-hybridized carbons (Fsp3) is 0.0204. The van der Waals surface area contributed by atoms with Gasteiger partial charge in [-0.2, -0.15) is 0 Å². The first-order valence-corrected chi connectivity index (χ1v) is 17.5. The molecule has 0 fully saturated rings. The van der Waals surface area contributed by atoms with Crippen LogP contribution >= 0.6 is 0 Å². The Morgan fingerprint density at radius 2 is 0.961 bits per heavy atom. The Kier molecular flexibility index (Phi) is 7.56. The van der Waals surface area contributed by atoms with E-state index in [0.717, 1.165) is 22.5 Å². The lowest BCUT2D eigenvalue weighted by Crippen LogP contribution is -1.95. The third-order valence-corrected chi connectivity index (χ3v) is 9.97. The number of nitrogens with zero attached hydrogens (tertiary/aromatic N) is 2. The van der Waals surface area contributed by atoms with E-state index in [9.17, 15) is 0 Å². The molecule has 2 nitrogen and oxygen atoms in total. The Bertz CT molecular complexity index is 2790. The van der Waals surface area contributed by atoms with Crippen molar-refractivity contribution in [3.8, 4) is 27.9 Å². The lowest BCUT2D eigenvalue weighted by molar-refractivity contribution is 1.18. The van der Waals surface area contributed by atoms with Gasteiger partial charge in [0.2, 0.25) is 0 Å². The molecule has 0 amide bonds. The summed E-state index contributed by atoms with van der Waals surface area (Å²) < 4.78 is 4.75. The Balaban J connectivity index is 1.17. The maximum atomic E-state index is 4.43. The van der Waals surface area contributed by atoms with Gasteiger partial charge in [0.25, 0.3) is 0 Å². The zero-order valence-corrected chi connectivity index (χ0v) is 28.5. The van der Waals surface area contributed by atoms with Gasteiger partial charge in [0, 0.05) is 32.9 Å². The van der Waals surface area contributed by atoms with E-state index in [1.165, 1.54) is 65.9 Å². The Morgan fingerprint density at radius 1 is 0.471 bits per heavy atom. The zero-order chi connectivity index (χ0) is 34.3. The number of benzene rings is 7. The summed E-state index contributed by atoms with van der Waals surface area (Å²) >= 11 is 0. The summed E-state index contributed by atoms with van der Waals surface area (Å²) in [6.45, 7) is 6.50. The molecular formula is C49H36N2. The van der Waals surface area contributed by atoms with Gasteiger partial charge in [-0.3, -0.25) is 0 Å². The van der Waals surface area contributed by atoms with Crippen molar-refractivity contribution in [3.63, 3.8) is 0 Å². The van der Waals surface area contributed by atoms with Gasteiger partial charge in [-0.25, -0.2) is 0 Å². The fourth-order valence-corrected chi connectivity index (χ4v) is 7.57. The molecule has 0 bridgehead atoms. The molecule has 51 heavy (non-hydrogen) atoms. The van der Waals surface area contributed by atoms with Crippen LogP contribution in [0.1, 0.15) is 12.5 Å². The van der Waals surface area contributed by atoms with Gasteiger partial charge in [-0.15, -0.1) is 0 Å². The number of allylic oxidation sites excluding steroid dienone is 5. The Hall–Kier alpha value is -6.64. The van der Waals surface area contributed by atoms with Gasteiger partial charge in [-0.1, -0.05) is 134 Å². The summed E-state index contributed by atoms with van der Waals surface area (Å²) in [7, 11) is 0. The second-order valence-corrected chi connectivity index (χ2v) is 13.0. The van der Waals surface area contributed by atoms with E-state index in [-0.39, 0.29) is 0 Å². The first-order chi connectivity index (χ1) is 25.2. The maximum absolute atomic E-state index is 4.43. The second-order valence-electron chi connectivity index (χ2n) is 13.0. The van der Waals surface area contributed by atoms with Crippen LogP contribution in [-0.2, 0) is 0 Å². The van der Waals surface area contributed by atoms with Crippen molar-refractivity contribution in [2.75, 3.05) is 0 Å². The molecule has 0 spiro atoms. The quantitative estimate of drug-likeness (QED) is 0.152. The van der Waals surface area contributed by atoms with E-state index >= 15 is 0 Å². The van der Waals surface area contributed by atoms with Crippen LogP contribution < -0.4 is 0 Å². The largest absolute Gasteiger partial charge is 0.309 e. The molecule has 2 heteroatoms. The standard InChI is InChI=1S/C49H36N2/c1-3-14-41(31-34(2)35-15-6-4-7-16-35)51-47-22-13-11-20-43(47)45-33-39(26-30-49(45)51)38-25-29-48-44(32-38)42-19-10-12-21-46(42)50(48)40-27-23-37(24-28-40)36-17-8-5-9-18-36/h3-33H,2H2,1H3/b14-3-,41-31+. The molecule has 2 aromatic heterocycles. The van der Waals surface area contributed by atoms with Crippen molar-refractivity contribution in [1.29, 1.82) is 0 Å². The number of hydrogen-bond acceptors (Lipinski definition) is 0. The van der Waals surface area contributed by atoms with Crippen LogP contribution in [-0.4, -0.2) is 9.13 Å². The molecule has 9 rings (SSSR count). The molecule has 7 aromatic carbocycles. The molecule has 0 radical (unpaired) electrons. The van der Waals surface area contributed by atoms with Crippen LogP contribution in [0.4, 0.5) is 0 Å². The van der Waals surface area contributed by atoms with E-state index in [4.69, 9.17) is 0 Å². The van der Waals surface area contributed by atoms with Crippen LogP contribution in [0.3, 0.4) is 0 Å². The highest BCUT2D eigenvalue weighted by molar-refractivity contribution is 6.13. The van der Waals surface area contributed by atoms with Gasteiger partial charge in [0.15, 0.2) is 0 Å². The van der Waals surface area contributed by atoms with E-state index in [1.807, 2.05) is 6.07 Å². The molecule has 0 aliphatic heterocycles. The molecule has 0 aliphatic rings. The summed E-state index contributed by atoms with van der Waals surface area (Å²) in [5, 5.41) is 4.95. The smallest absolute Gasteiger partial charge is 0.0541 e. The lowest BCUT2D eigenvalue weighted by Gasteiger charge is -2.11. The molecule has 9 aromatic rings. The third kappa shape index (κ3) is 5.29. The molecule has 0 unspecified atom stereocenters. The molecule has 0 atom stereocenters. The van der Waals surface area contributed by atoms with Crippen LogP contribution in [0.25, 0.3) is 82.8 Å². The maximum Gasteiger partial charge on any atom is 0.0541 e. The van der Waals surface area contributed by atoms with Crippen molar-refractivity contribution in [3.05, 3.63) is 200 Å². The fourth-order valence-electron chi connectivity index (χ4n) is 7.57. The second kappa shape index (κ2) is 12.7. The average molecular weight is 653 g/mol. The van der Waals surface area contributed by atoms with Crippen LogP contribution in [0.15, 0.2) is 195 Å². The Morgan fingerprint density at radius 3 is 1.65 bits per heavy atom. The van der Waals surface area contributed by atoms with Crippen LogP contribution in [0.2, 0.25) is 0 Å². The molecule has 0 aliphatic carbocycles. The highest BCUT2D eigenvalue weighted by Gasteiger charge is 2.16. The van der Waals surface area contributed by atoms with E-state index in [0.29, 0.717) is 0 Å². The topological polar surface area (TPSA) is 9.86 Å². The van der Waals surface area contributed by atoms with Crippen molar-refractivity contribution in [1.82, 2.24) is 9.13 Å². The molecule has 0 saturated carbocycles. The molecule has 0 N–H and O–H groups in total. The number of fused-ring (bicyclic) bond motifs is 6. The van der Waals surface area contributed by atoms with Gasteiger partial charge < -0.3 is 9.13 Å². The molecule has 242 valence electrons. The minimum absolute atomic E-state index is 0.978. The normalized spacial score (nSPS) is 12.1. The van der Waals surface area contributed by atoms with E-state index < -0.39 is 0 Å². The zero-order valence-electron chi connectivity index (χ0n) is 28.5. The van der Waals surface area contributed by atoms with Crippen LogP contribution in [0, 0.1) is 0 Å². The molecule has 0 saturated heterocycles. The lowest BCUT2D eigenvalue weighted by atomic mass is 10.0. The number of para-hydroxylation sites is 2. The highest BCUT2D eigenvalue weighted by Crippen LogP contribution is 2.39. The Labute approximate surface area is 298 Å². The first kappa shape index (κ1) is 30.4. The predicted octanol–water partition coefficient (Wildman–Crippen LogP) is 13.4. The van der Waals surface area contributed by atoms with Gasteiger partial charge >= 0.3 is 0 Å². The number of hydrogen-bond donors (Lipinski definition) is 0. The average Bonchev–Trinajstić information content (AvgIpc) is 3.70. The van der Waals surface area contributed by atoms with Crippen LogP contribution in [0.5, 0.6) is 0 Å². The molecular weight excluding hydrogens is 617 g/mol. The predicted molar refractivity (Wildman–Crippen MR) is 219 cm³/mol. The van der Waals surface area contributed by atoms with E-state index in [1.54, 1.807) is 0 Å². The number of aromatic nitrogens is 2. The first-order valence-electron chi connectivity index (χ1n) is 17.5. The van der Waals surface area contributed by atoms with Crippen molar-refractivity contribution >= 4 is 54.9 Å². The van der Waals surface area contributed by atoms with Crippen molar-refractivity contribution in [2.24, 2.45) is 0 Å². The minimum Gasteiger partial charge on any atom is -0.309 e. The third-order valence-electron chi connectivity index (χ3n) is 9.97. The van der Waals surface area contributed by atoms with Gasteiger partial charge in [-0.05, 0) is 101 Å². The summed E-state index contributed by atoms with van der Waals surface area (Å²) in [6.07, 6.45) is 6.46. The monoisotopic (exact) mass is 652 g/mol. The molecule has 2 heterocycles. The summed E-state index contributed by atoms with van der Waals surface area (Å²) in [5.74, 6) is 0. The highest BCUT2D eigenvalue weighted by atomic mass is 15.0. The van der Waals surface area contributed by atoms with Gasteiger partial charge in [0.05, 0.1) is 22.1 Å². The number of rotatable bonds is 7. The van der Waals surface area contributed by atoms with Crippen molar-refractivity contribution < 1.29 is 0 Å².